The van der Waals surface area contributed by atoms with Crippen molar-refractivity contribution in [3.63, 3.8) is 0 Å². The van der Waals surface area contributed by atoms with E-state index >= 15 is 0 Å². The number of halogens is 2. The van der Waals surface area contributed by atoms with Gasteiger partial charge in [0.1, 0.15) is 24.1 Å². The SMILES string of the molecule is C=C(OCC)c1ccc(C2CN(C(=O)OC(C)(C)C)CC(F)(F)CO2)s1. The molecular formula is C18H25F2NO4S. The van der Waals surface area contributed by atoms with Crippen LogP contribution in [0.5, 0.6) is 0 Å². The first-order valence-electron chi connectivity index (χ1n) is 8.40. The average molecular weight is 389 g/mol. The Balaban J connectivity index is 2.18. The molecular weight excluding hydrogens is 364 g/mol. The van der Waals surface area contributed by atoms with E-state index < -0.39 is 36.9 Å². The zero-order valence-electron chi connectivity index (χ0n) is 15.5. The third-order valence-electron chi connectivity index (χ3n) is 3.49. The van der Waals surface area contributed by atoms with E-state index in [4.69, 9.17) is 14.2 Å². The fourth-order valence-corrected chi connectivity index (χ4v) is 3.40. The molecule has 1 saturated heterocycles. The summed E-state index contributed by atoms with van der Waals surface area (Å²) in [5.74, 6) is -2.62. The van der Waals surface area contributed by atoms with Crippen LogP contribution in [-0.4, -0.2) is 48.8 Å². The van der Waals surface area contributed by atoms with E-state index in [0.29, 0.717) is 12.4 Å². The van der Waals surface area contributed by atoms with Crippen molar-refractivity contribution in [3.05, 3.63) is 28.5 Å². The van der Waals surface area contributed by atoms with Gasteiger partial charge in [0.15, 0.2) is 0 Å². The summed E-state index contributed by atoms with van der Waals surface area (Å²) in [6, 6.07) is 3.59. The highest BCUT2D eigenvalue weighted by molar-refractivity contribution is 7.13. The molecule has 0 N–H and O–H groups in total. The van der Waals surface area contributed by atoms with Gasteiger partial charge >= 0.3 is 6.09 Å². The molecule has 2 heterocycles. The molecule has 8 heteroatoms. The summed E-state index contributed by atoms with van der Waals surface area (Å²) in [6.45, 7) is 9.77. The monoisotopic (exact) mass is 389 g/mol. The van der Waals surface area contributed by atoms with Crippen LogP contribution >= 0.6 is 11.3 Å². The molecule has 1 aromatic heterocycles. The second-order valence-corrected chi connectivity index (χ2v) is 8.19. The van der Waals surface area contributed by atoms with Gasteiger partial charge in [0.2, 0.25) is 0 Å². The molecule has 146 valence electrons. The molecule has 0 aromatic carbocycles. The number of carbonyl (C=O) groups is 1. The molecule has 0 bridgehead atoms. The maximum Gasteiger partial charge on any atom is 0.410 e. The largest absolute Gasteiger partial charge is 0.493 e. The van der Waals surface area contributed by atoms with E-state index in [1.165, 1.54) is 11.3 Å². The molecule has 1 amide bonds. The normalized spacial score (nSPS) is 20.4. The molecule has 1 aliphatic rings. The van der Waals surface area contributed by atoms with Crippen LogP contribution in [0.2, 0.25) is 0 Å². The number of hydrogen-bond acceptors (Lipinski definition) is 5. The molecule has 1 atom stereocenters. The van der Waals surface area contributed by atoms with E-state index in [2.05, 4.69) is 6.58 Å². The molecule has 5 nitrogen and oxygen atoms in total. The second-order valence-electron chi connectivity index (χ2n) is 7.07. The zero-order chi connectivity index (χ0) is 19.5. The predicted molar refractivity (Wildman–Crippen MR) is 96.4 cm³/mol. The first-order chi connectivity index (χ1) is 12.0. The maximum atomic E-state index is 14.0. The second kappa shape index (κ2) is 7.92. The zero-order valence-corrected chi connectivity index (χ0v) is 16.3. The molecule has 0 radical (unpaired) electrons. The lowest BCUT2D eigenvalue weighted by atomic mass is 10.2. The van der Waals surface area contributed by atoms with E-state index in [-0.39, 0.29) is 6.54 Å². The van der Waals surface area contributed by atoms with Gasteiger partial charge in [-0.3, -0.25) is 4.90 Å². The number of nitrogens with zero attached hydrogens (tertiary/aromatic N) is 1. The van der Waals surface area contributed by atoms with Crippen LogP contribution in [0, 0.1) is 0 Å². The smallest absolute Gasteiger partial charge is 0.410 e. The van der Waals surface area contributed by atoms with Crippen molar-refractivity contribution < 1.29 is 27.8 Å². The number of ether oxygens (including phenoxy) is 3. The van der Waals surface area contributed by atoms with E-state index in [9.17, 15) is 13.6 Å². The Kier molecular flexibility index (Phi) is 6.29. The van der Waals surface area contributed by atoms with Crippen molar-refractivity contribution >= 4 is 23.2 Å². The van der Waals surface area contributed by atoms with Gasteiger partial charge < -0.3 is 14.2 Å². The van der Waals surface area contributed by atoms with Gasteiger partial charge in [-0.05, 0) is 39.8 Å². The van der Waals surface area contributed by atoms with E-state index in [1.807, 2.05) is 13.0 Å². The van der Waals surface area contributed by atoms with Crippen molar-refractivity contribution in [1.29, 1.82) is 0 Å². The van der Waals surface area contributed by atoms with Crippen LogP contribution in [0.15, 0.2) is 18.7 Å². The summed E-state index contributed by atoms with van der Waals surface area (Å²) in [5, 5.41) is 0. The molecule has 1 aliphatic heterocycles. The minimum Gasteiger partial charge on any atom is -0.493 e. The van der Waals surface area contributed by atoms with Gasteiger partial charge in [-0.15, -0.1) is 11.3 Å². The molecule has 1 aromatic rings. The Labute approximate surface area is 156 Å². The minimum absolute atomic E-state index is 0.00837. The molecule has 1 fully saturated rings. The molecule has 0 aliphatic carbocycles. The highest BCUT2D eigenvalue weighted by atomic mass is 32.1. The highest BCUT2D eigenvalue weighted by Gasteiger charge is 2.41. The Morgan fingerprint density at radius 1 is 1.46 bits per heavy atom. The van der Waals surface area contributed by atoms with Crippen molar-refractivity contribution in [2.75, 3.05) is 26.3 Å². The lowest BCUT2D eigenvalue weighted by molar-refractivity contribution is -0.0826. The molecule has 2 rings (SSSR count). The summed E-state index contributed by atoms with van der Waals surface area (Å²) in [7, 11) is 0. The van der Waals surface area contributed by atoms with Crippen molar-refractivity contribution in [2.24, 2.45) is 0 Å². The number of carbonyl (C=O) groups excluding carboxylic acids is 1. The Morgan fingerprint density at radius 3 is 2.77 bits per heavy atom. The number of thiophene rings is 1. The lowest BCUT2D eigenvalue weighted by Gasteiger charge is -2.28. The molecule has 0 saturated carbocycles. The minimum atomic E-state index is -3.14. The van der Waals surface area contributed by atoms with Crippen LogP contribution in [-0.2, 0) is 14.2 Å². The number of rotatable bonds is 4. The summed E-state index contributed by atoms with van der Waals surface area (Å²) in [4.78, 5) is 14.9. The van der Waals surface area contributed by atoms with Crippen LogP contribution in [0.3, 0.4) is 0 Å². The number of alkyl halides is 2. The average Bonchev–Trinajstić information content (AvgIpc) is 2.92. The summed E-state index contributed by atoms with van der Waals surface area (Å²) in [6.07, 6.45) is -1.44. The maximum absolute atomic E-state index is 14.0. The van der Waals surface area contributed by atoms with Gasteiger partial charge in [-0.1, -0.05) is 6.58 Å². The van der Waals surface area contributed by atoms with Crippen LogP contribution in [0.25, 0.3) is 5.76 Å². The van der Waals surface area contributed by atoms with Gasteiger partial charge in [-0.2, -0.15) is 0 Å². The van der Waals surface area contributed by atoms with Gasteiger partial charge in [0.25, 0.3) is 5.92 Å². The first-order valence-corrected chi connectivity index (χ1v) is 9.21. The van der Waals surface area contributed by atoms with Gasteiger partial charge in [0, 0.05) is 4.88 Å². The van der Waals surface area contributed by atoms with Gasteiger partial charge in [-0.25, -0.2) is 13.6 Å². The van der Waals surface area contributed by atoms with E-state index in [1.54, 1.807) is 26.8 Å². The molecule has 1 unspecified atom stereocenters. The summed E-state index contributed by atoms with van der Waals surface area (Å²) in [5.41, 5.74) is -0.764. The van der Waals surface area contributed by atoms with Crippen LogP contribution < -0.4 is 0 Å². The van der Waals surface area contributed by atoms with E-state index in [0.717, 1.165) is 14.7 Å². The fraction of sp³-hybridized carbons (Fsp3) is 0.611. The fourth-order valence-electron chi connectivity index (χ4n) is 2.42. The van der Waals surface area contributed by atoms with Crippen LogP contribution in [0.1, 0.15) is 43.6 Å². The topological polar surface area (TPSA) is 48.0 Å². The standard InChI is InChI=1S/C18H25F2NO4S/c1-6-23-12(2)14-7-8-15(26-14)13-9-21(10-18(19,20)11-24-13)16(22)25-17(3,4)5/h7-8,13H,2,6,9-11H2,1,3-5H3. The lowest BCUT2D eigenvalue weighted by Crippen LogP contribution is -2.43. The first kappa shape index (κ1) is 20.6. The summed E-state index contributed by atoms with van der Waals surface area (Å²) >= 11 is 1.35. The Bertz CT molecular complexity index is 654. The molecule has 0 spiro atoms. The Morgan fingerprint density at radius 2 is 2.15 bits per heavy atom. The molecule has 26 heavy (non-hydrogen) atoms. The van der Waals surface area contributed by atoms with Crippen LogP contribution in [0.4, 0.5) is 13.6 Å². The Hall–Kier alpha value is -1.67. The van der Waals surface area contributed by atoms with Gasteiger partial charge in [0.05, 0.1) is 24.6 Å². The van der Waals surface area contributed by atoms with Crippen molar-refractivity contribution in [2.45, 2.75) is 45.3 Å². The number of hydrogen-bond donors (Lipinski definition) is 0. The quantitative estimate of drug-likeness (QED) is 0.701. The predicted octanol–water partition coefficient (Wildman–Crippen LogP) is 4.70. The van der Waals surface area contributed by atoms with Crippen molar-refractivity contribution in [1.82, 2.24) is 4.90 Å². The summed E-state index contributed by atoms with van der Waals surface area (Å²) < 4.78 is 44.1. The third kappa shape index (κ3) is 5.67. The van der Waals surface area contributed by atoms with Crippen molar-refractivity contribution in [3.8, 4) is 0 Å². The highest BCUT2D eigenvalue weighted by Crippen LogP contribution is 2.34. The third-order valence-corrected chi connectivity index (χ3v) is 4.71. The number of amides is 1.